The summed E-state index contributed by atoms with van der Waals surface area (Å²) < 4.78 is 1.84. The van der Waals surface area contributed by atoms with Gasteiger partial charge in [0, 0.05) is 18.1 Å². The Morgan fingerprint density at radius 2 is 2.05 bits per heavy atom. The van der Waals surface area contributed by atoms with Crippen molar-refractivity contribution < 1.29 is 4.79 Å². The molecule has 0 fully saturated rings. The Kier molecular flexibility index (Phi) is 3.66. The SMILES string of the molecule is CC(C)(N)C(=O)Nc1ccc(Cn2cccn2)cc1. The minimum atomic E-state index is -0.881. The summed E-state index contributed by atoms with van der Waals surface area (Å²) in [5.41, 5.74) is 6.70. The first-order chi connectivity index (χ1) is 8.95. The molecule has 19 heavy (non-hydrogen) atoms. The van der Waals surface area contributed by atoms with Crippen LogP contribution in [0.15, 0.2) is 42.7 Å². The number of nitrogens with one attached hydrogen (secondary N) is 1. The second-order valence-electron chi connectivity index (χ2n) is 5.08. The van der Waals surface area contributed by atoms with Crippen LogP contribution in [0.25, 0.3) is 0 Å². The Morgan fingerprint density at radius 1 is 1.37 bits per heavy atom. The monoisotopic (exact) mass is 258 g/mol. The van der Waals surface area contributed by atoms with Gasteiger partial charge in [-0.05, 0) is 37.6 Å². The van der Waals surface area contributed by atoms with E-state index in [-0.39, 0.29) is 5.91 Å². The lowest BCUT2D eigenvalue weighted by atomic mass is 10.1. The average molecular weight is 258 g/mol. The third-order valence-electron chi connectivity index (χ3n) is 2.70. The molecule has 1 heterocycles. The highest BCUT2D eigenvalue weighted by Gasteiger charge is 2.21. The summed E-state index contributed by atoms with van der Waals surface area (Å²) >= 11 is 0. The van der Waals surface area contributed by atoms with E-state index in [2.05, 4.69) is 10.4 Å². The molecule has 3 N–H and O–H groups in total. The topological polar surface area (TPSA) is 72.9 Å². The van der Waals surface area contributed by atoms with Crippen LogP contribution >= 0.6 is 0 Å². The fourth-order valence-corrected chi connectivity index (χ4v) is 1.57. The molecule has 5 nitrogen and oxygen atoms in total. The van der Waals surface area contributed by atoms with Crippen LogP contribution in [0.2, 0.25) is 0 Å². The highest BCUT2D eigenvalue weighted by Crippen LogP contribution is 2.12. The van der Waals surface area contributed by atoms with Crippen molar-refractivity contribution in [2.75, 3.05) is 5.32 Å². The van der Waals surface area contributed by atoms with E-state index >= 15 is 0 Å². The van der Waals surface area contributed by atoms with Crippen molar-refractivity contribution in [3.8, 4) is 0 Å². The molecule has 100 valence electrons. The van der Waals surface area contributed by atoms with E-state index in [1.54, 1.807) is 20.0 Å². The number of aromatic nitrogens is 2. The van der Waals surface area contributed by atoms with Gasteiger partial charge in [-0.15, -0.1) is 0 Å². The van der Waals surface area contributed by atoms with Crippen LogP contribution in [0.1, 0.15) is 19.4 Å². The average Bonchev–Trinajstić information content (AvgIpc) is 2.83. The van der Waals surface area contributed by atoms with Gasteiger partial charge >= 0.3 is 0 Å². The molecule has 0 unspecified atom stereocenters. The highest BCUT2D eigenvalue weighted by molar-refractivity contribution is 5.97. The van der Waals surface area contributed by atoms with E-state index in [0.717, 1.165) is 11.3 Å². The molecule has 0 bridgehead atoms. The van der Waals surface area contributed by atoms with Gasteiger partial charge in [0.15, 0.2) is 0 Å². The Labute approximate surface area is 112 Å². The van der Waals surface area contributed by atoms with E-state index < -0.39 is 5.54 Å². The minimum absolute atomic E-state index is 0.202. The third-order valence-corrected chi connectivity index (χ3v) is 2.70. The maximum Gasteiger partial charge on any atom is 0.243 e. The van der Waals surface area contributed by atoms with E-state index in [1.807, 2.05) is 41.2 Å². The van der Waals surface area contributed by atoms with Crippen molar-refractivity contribution in [2.24, 2.45) is 5.73 Å². The first-order valence-corrected chi connectivity index (χ1v) is 6.12. The lowest BCUT2D eigenvalue weighted by molar-refractivity contribution is -0.120. The van der Waals surface area contributed by atoms with Gasteiger partial charge in [0.2, 0.25) is 5.91 Å². The maximum absolute atomic E-state index is 11.7. The Hall–Kier alpha value is -2.14. The third kappa shape index (κ3) is 3.66. The molecule has 0 aliphatic carbocycles. The summed E-state index contributed by atoms with van der Waals surface area (Å²) in [5, 5.41) is 6.93. The van der Waals surface area contributed by atoms with Crippen LogP contribution in [0, 0.1) is 0 Å². The number of nitrogens with zero attached hydrogens (tertiary/aromatic N) is 2. The first-order valence-electron chi connectivity index (χ1n) is 6.12. The van der Waals surface area contributed by atoms with Gasteiger partial charge in [0.25, 0.3) is 0 Å². The van der Waals surface area contributed by atoms with Crippen LogP contribution in [0.4, 0.5) is 5.69 Å². The molecule has 0 radical (unpaired) electrons. The number of carbonyl (C=O) groups excluding carboxylic acids is 1. The molecular weight excluding hydrogens is 240 g/mol. The number of benzene rings is 1. The molecule has 0 spiro atoms. The molecule has 2 rings (SSSR count). The van der Waals surface area contributed by atoms with Crippen molar-refractivity contribution in [1.82, 2.24) is 9.78 Å². The lowest BCUT2D eigenvalue weighted by Crippen LogP contribution is -2.45. The molecule has 1 amide bonds. The Bertz CT molecular complexity index is 538. The van der Waals surface area contributed by atoms with Gasteiger partial charge in [0.05, 0.1) is 12.1 Å². The molecule has 0 aliphatic heterocycles. The van der Waals surface area contributed by atoms with Gasteiger partial charge in [0.1, 0.15) is 0 Å². The van der Waals surface area contributed by atoms with E-state index in [1.165, 1.54) is 0 Å². The number of nitrogens with two attached hydrogens (primary N) is 1. The molecule has 0 saturated heterocycles. The molecule has 1 aromatic heterocycles. The van der Waals surface area contributed by atoms with E-state index in [4.69, 9.17) is 5.73 Å². The lowest BCUT2D eigenvalue weighted by Gasteiger charge is -2.17. The summed E-state index contributed by atoms with van der Waals surface area (Å²) in [5.74, 6) is -0.202. The van der Waals surface area contributed by atoms with Gasteiger partial charge < -0.3 is 11.1 Å². The predicted octanol–water partition coefficient (Wildman–Crippen LogP) is 1.61. The normalized spacial score (nSPS) is 11.3. The van der Waals surface area contributed by atoms with Gasteiger partial charge in [-0.25, -0.2) is 0 Å². The van der Waals surface area contributed by atoms with Crippen LogP contribution in [-0.4, -0.2) is 21.2 Å². The molecular formula is C14H18N4O. The van der Waals surface area contributed by atoms with Crippen molar-refractivity contribution >= 4 is 11.6 Å². The van der Waals surface area contributed by atoms with Gasteiger partial charge in [-0.3, -0.25) is 9.48 Å². The zero-order valence-electron chi connectivity index (χ0n) is 11.1. The summed E-state index contributed by atoms with van der Waals surface area (Å²) in [6.45, 7) is 4.06. The molecule has 5 heteroatoms. The molecule has 0 aliphatic rings. The molecule has 0 saturated carbocycles. The zero-order chi connectivity index (χ0) is 13.9. The Balaban J connectivity index is 2.01. The van der Waals surface area contributed by atoms with Crippen LogP contribution < -0.4 is 11.1 Å². The van der Waals surface area contributed by atoms with Gasteiger partial charge in [-0.2, -0.15) is 5.10 Å². The number of anilines is 1. The van der Waals surface area contributed by atoms with Crippen molar-refractivity contribution in [2.45, 2.75) is 25.9 Å². The molecule has 2 aromatic rings. The largest absolute Gasteiger partial charge is 0.325 e. The number of amides is 1. The molecule has 1 aromatic carbocycles. The number of rotatable bonds is 4. The summed E-state index contributed by atoms with van der Waals surface area (Å²) in [4.78, 5) is 11.7. The smallest absolute Gasteiger partial charge is 0.243 e. The summed E-state index contributed by atoms with van der Waals surface area (Å²) in [7, 11) is 0. The quantitative estimate of drug-likeness (QED) is 0.875. The zero-order valence-corrected chi connectivity index (χ0v) is 11.1. The summed E-state index contributed by atoms with van der Waals surface area (Å²) in [6, 6.07) is 9.53. The second-order valence-corrected chi connectivity index (χ2v) is 5.08. The van der Waals surface area contributed by atoms with Crippen molar-refractivity contribution in [3.05, 3.63) is 48.3 Å². The number of hydrogen-bond acceptors (Lipinski definition) is 3. The van der Waals surface area contributed by atoms with Crippen LogP contribution in [-0.2, 0) is 11.3 Å². The highest BCUT2D eigenvalue weighted by atomic mass is 16.2. The predicted molar refractivity (Wildman–Crippen MR) is 74.7 cm³/mol. The minimum Gasteiger partial charge on any atom is -0.325 e. The van der Waals surface area contributed by atoms with E-state index in [9.17, 15) is 4.79 Å². The van der Waals surface area contributed by atoms with E-state index in [0.29, 0.717) is 6.54 Å². The second kappa shape index (κ2) is 5.24. The number of carbonyl (C=O) groups is 1. The Morgan fingerprint density at radius 3 is 2.58 bits per heavy atom. The fourth-order valence-electron chi connectivity index (χ4n) is 1.57. The fraction of sp³-hybridized carbons (Fsp3) is 0.286. The van der Waals surface area contributed by atoms with Crippen molar-refractivity contribution in [1.29, 1.82) is 0 Å². The standard InChI is InChI=1S/C14H18N4O/c1-14(2,15)13(19)17-12-6-4-11(5-7-12)10-18-9-3-8-16-18/h3-9H,10,15H2,1-2H3,(H,17,19). The molecule has 0 atom stereocenters. The van der Waals surface area contributed by atoms with Crippen LogP contribution in [0.5, 0.6) is 0 Å². The van der Waals surface area contributed by atoms with Gasteiger partial charge in [-0.1, -0.05) is 12.1 Å². The summed E-state index contributed by atoms with van der Waals surface area (Å²) in [6.07, 6.45) is 3.66. The van der Waals surface area contributed by atoms with Crippen LogP contribution in [0.3, 0.4) is 0 Å². The van der Waals surface area contributed by atoms with Crippen molar-refractivity contribution in [3.63, 3.8) is 0 Å². The maximum atomic E-state index is 11.7. The first kappa shape index (κ1) is 13.3. The number of hydrogen-bond donors (Lipinski definition) is 2.